The van der Waals surface area contributed by atoms with Crippen molar-refractivity contribution in [1.29, 1.82) is 0 Å². The van der Waals surface area contributed by atoms with Crippen LogP contribution in [0.25, 0.3) is 0 Å². The molecule has 2 saturated heterocycles. The average molecular weight is 219 g/mol. The summed E-state index contributed by atoms with van der Waals surface area (Å²) in [4.78, 5) is 0. The van der Waals surface area contributed by atoms with E-state index in [1.54, 1.807) is 0 Å². The van der Waals surface area contributed by atoms with Crippen molar-refractivity contribution in [2.75, 3.05) is 18.1 Å². The quantitative estimate of drug-likeness (QED) is 0.677. The molecule has 2 heterocycles. The van der Waals surface area contributed by atoms with Crippen LogP contribution in [0, 0.1) is 0 Å². The summed E-state index contributed by atoms with van der Waals surface area (Å²) in [5.74, 6) is 0.451. The number of ether oxygens (including phenoxy) is 1. The van der Waals surface area contributed by atoms with E-state index in [1.807, 2.05) is 0 Å². The predicted molar refractivity (Wildman–Crippen MR) is 53.8 cm³/mol. The zero-order chi connectivity index (χ0) is 10.2. The summed E-state index contributed by atoms with van der Waals surface area (Å²) in [5, 5.41) is 0. The number of hydrogen-bond acceptors (Lipinski definition) is 4. The maximum Gasteiger partial charge on any atom is 0.150 e. The number of nitrogens with two attached hydrogens (primary N) is 1. The van der Waals surface area contributed by atoms with Crippen LogP contribution in [0.15, 0.2) is 0 Å². The third-order valence-electron chi connectivity index (χ3n) is 3.33. The number of sulfone groups is 1. The van der Waals surface area contributed by atoms with E-state index in [2.05, 4.69) is 0 Å². The van der Waals surface area contributed by atoms with Gasteiger partial charge in [0, 0.05) is 12.1 Å². The molecule has 2 rings (SSSR count). The van der Waals surface area contributed by atoms with Crippen LogP contribution in [0.2, 0.25) is 0 Å². The van der Waals surface area contributed by atoms with Gasteiger partial charge in [-0.2, -0.15) is 0 Å². The summed E-state index contributed by atoms with van der Waals surface area (Å²) >= 11 is 0. The number of rotatable bonds is 1. The molecule has 1 atom stereocenters. The molecule has 0 bridgehead atoms. The van der Waals surface area contributed by atoms with Gasteiger partial charge < -0.3 is 10.5 Å². The summed E-state index contributed by atoms with van der Waals surface area (Å²) in [6.07, 6.45) is 3.23. The molecule has 14 heavy (non-hydrogen) atoms. The van der Waals surface area contributed by atoms with Crippen molar-refractivity contribution in [3.8, 4) is 0 Å². The van der Waals surface area contributed by atoms with E-state index in [1.165, 1.54) is 0 Å². The fraction of sp³-hybridized carbons (Fsp3) is 1.00. The highest BCUT2D eigenvalue weighted by atomic mass is 32.2. The Morgan fingerprint density at radius 1 is 1.29 bits per heavy atom. The van der Waals surface area contributed by atoms with Crippen molar-refractivity contribution in [3.63, 3.8) is 0 Å². The molecule has 5 heteroatoms. The minimum atomic E-state index is -2.82. The van der Waals surface area contributed by atoms with Crippen molar-refractivity contribution in [1.82, 2.24) is 0 Å². The van der Waals surface area contributed by atoms with Gasteiger partial charge in [0.05, 0.1) is 17.6 Å². The Hall–Kier alpha value is -0.130. The van der Waals surface area contributed by atoms with E-state index in [9.17, 15) is 8.42 Å². The van der Waals surface area contributed by atoms with Crippen LogP contribution in [0.3, 0.4) is 0 Å². The zero-order valence-electron chi connectivity index (χ0n) is 8.24. The van der Waals surface area contributed by atoms with Crippen LogP contribution >= 0.6 is 0 Å². The Balaban J connectivity index is 2.04. The van der Waals surface area contributed by atoms with Gasteiger partial charge in [0.15, 0.2) is 0 Å². The second-order valence-electron chi connectivity index (χ2n) is 4.39. The lowest BCUT2D eigenvalue weighted by Gasteiger charge is -2.37. The zero-order valence-corrected chi connectivity index (χ0v) is 9.05. The lowest BCUT2D eigenvalue weighted by Crippen LogP contribution is -2.55. The molecule has 1 unspecified atom stereocenters. The van der Waals surface area contributed by atoms with Crippen LogP contribution in [0.1, 0.15) is 25.7 Å². The fourth-order valence-corrected chi connectivity index (χ4v) is 3.86. The average Bonchev–Trinajstić information content (AvgIpc) is 2.64. The van der Waals surface area contributed by atoms with Crippen molar-refractivity contribution in [2.45, 2.75) is 37.3 Å². The highest BCUT2D eigenvalue weighted by molar-refractivity contribution is 7.91. The molecular weight excluding hydrogens is 202 g/mol. The molecule has 0 aromatic rings. The Morgan fingerprint density at radius 2 is 1.93 bits per heavy atom. The molecule has 2 aliphatic heterocycles. The van der Waals surface area contributed by atoms with Gasteiger partial charge in [-0.3, -0.25) is 0 Å². The maximum absolute atomic E-state index is 11.3. The Kier molecular flexibility index (Phi) is 2.57. The van der Waals surface area contributed by atoms with Crippen LogP contribution < -0.4 is 5.73 Å². The largest absolute Gasteiger partial charge is 0.376 e. The topological polar surface area (TPSA) is 69.4 Å². The summed E-state index contributed by atoms with van der Waals surface area (Å²) in [6.45, 7) is 0.774. The molecule has 0 spiro atoms. The van der Waals surface area contributed by atoms with Crippen molar-refractivity contribution in [3.05, 3.63) is 0 Å². The van der Waals surface area contributed by atoms with E-state index in [0.717, 1.165) is 19.4 Å². The smallest absolute Gasteiger partial charge is 0.150 e. The lowest BCUT2D eigenvalue weighted by atomic mass is 9.86. The molecule has 2 fully saturated rings. The Labute approximate surface area is 84.7 Å². The van der Waals surface area contributed by atoms with Crippen LogP contribution in [-0.2, 0) is 14.6 Å². The normalized spacial score (nSPS) is 35.6. The first-order valence-electron chi connectivity index (χ1n) is 5.13. The standard InChI is InChI=1S/C9H17NO3S/c10-9(8-2-1-5-13-8)3-6-14(11,12)7-4-9/h8H,1-7,10H2. The molecule has 2 aliphatic rings. The molecule has 0 radical (unpaired) electrons. The Morgan fingerprint density at radius 3 is 2.43 bits per heavy atom. The first kappa shape index (κ1) is 10.4. The first-order valence-corrected chi connectivity index (χ1v) is 6.95. The molecular formula is C9H17NO3S. The van der Waals surface area contributed by atoms with Gasteiger partial charge in [-0.15, -0.1) is 0 Å². The highest BCUT2D eigenvalue weighted by Crippen LogP contribution is 2.31. The van der Waals surface area contributed by atoms with Gasteiger partial charge in [0.2, 0.25) is 0 Å². The van der Waals surface area contributed by atoms with E-state index in [0.29, 0.717) is 12.8 Å². The monoisotopic (exact) mass is 219 g/mol. The van der Waals surface area contributed by atoms with Gasteiger partial charge in [-0.25, -0.2) is 8.42 Å². The number of hydrogen-bond donors (Lipinski definition) is 1. The maximum atomic E-state index is 11.3. The van der Waals surface area contributed by atoms with Gasteiger partial charge in [-0.05, 0) is 25.7 Å². The van der Waals surface area contributed by atoms with Crippen molar-refractivity contribution >= 4 is 9.84 Å². The van der Waals surface area contributed by atoms with Gasteiger partial charge in [0.1, 0.15) is 9.84 Å². The van der Waals surface area contributed by atoms with E-state index in [4.69, 9.17) is 10.5 Å². The Bertz CT molecular complexity index is 292. The van der Waals surface area contributed by atoms with E-state index < -0.39 is 9.84 Å². The molecule has 2 N–H and O–H groups in total. The third kappa shape index (κ3) is 1.94. The molecule has 0 aliphatic carbocycles. The molecule has 0 amide bonds. The van der Waals surface area contributed by atoms with Crippen LogP contribution in [0.4, 0.5) is 0 Å². The van der Waals surface area contributed by atoms with E-state index >= 15 is 0 Å². The SMILES string of the molecule is NC1(C2CCCO2)CCS(=O)(=O)CC1. The summed E-state index contributed by atoms with van der Waals surface area (Å²) in [5.41, 5.74) is 5.81. The van der Waals surface area contributed by atoms with Gasteiger partial charge in [-0.1, -0.05) is 0 Å². The first-order chi connectivity index (χ1) is 6.52. The third-order valence-corrected chi connectivity index (χ3v) is 4.98. The molecule has 0 aromatic heterocycles. The summed E-state index contributed by atoms with van der Waals surface area (Å²) < 4.78 is 28.1. The minimum absolute atomic E-state index is 0.0815. The lowest BCUT2D eigenvalue weighted by molar-refractivity contribution is 0.0411. The summed E-state index contributed by atoms with van der Waals surface area (Å²) in [7, 11) is -2.82. The minimum Gasteiger partial charge on any atom is -0.376 e. The molecule has 0 saturated carbocycles. The highest BCUT2D eigenvalue weighted by Gasteiger charge is 2.42. The fourth-order valence-electron chi connectivity index (χ4n) is 2.27. The van der Waals surface area contributed by atoms with Gasteiger partial charge in [0.25, 0.3) is 0 Å². The predicted octanol–water partition coefficient (Wildman–Crippen LogP) is 0.0715. The van der Waals surface area contributed by atoms with E-state index in [-0.39, 0.29) is 23.1 Å². The second kappa shape index (κ2) is 3.47. The van der Waals surface area contributed by atoms with Gasteiger partial charge >= 0.3 is 0 Å². The molecule has 0 aromatic carbocycles. The second-order valence-corrected chi connectivity index (χ2v) is 6.69. The summed E-state index contributed by atoms with van der Waals surface area (Å²) in [6, 6.07) is 0. The van der Waals surface area contributed by atoms with Crippen LogP contribution in [-0.4, -0.2) is 38.2 Å². The molecule has 82 valence electrons. The molecule has 4 nitrogen and oxygen atoms in total. The van der Waals surface area contributed by atoms with Crippen LogP contribution in [0.5, 0.6) is 0 Å². The van der Waals surface area contributed by atoms with Crippen molar-refractivity contribution in [2.24, 2.45) is 5.73 Å². The van der Waals surface area contributed by atoms with Crippen molar-refractivity contribution < 1.29 is 13.2 Å².